The highest BCUT2D eigenvalue weighted by Crippen LogP contribution is 2.52. The maximum absolute atomic E-state index is 10.9. The fourth-order valence-electron chi connectivity index (χ4n) is 2.34. The lowest BCUT2D eigenvalue weighted by Gasteiger charge is -2.16. The Morgan fingerprint density at radius 2 is 2.19 bits per heavy atom. The quantitative estimate of drug-likeness (QED) is 0.816. The normalized spacial score (nSPS) is 17.1. The minimum absolute atomic E-state index is 0.0626. The van der Waals surface area contributed by atoms with E-state index in [4.69, 9.17) is 5.11 Å². The third kappa shape index (κ3) is 2.09. The van der Waals surface area contributed by atoms with Crippen LogP contribution in [0, 0.1) is 6.92 Å². The van der Waals surface area contributed by atoms with Crippen LogP contribution in [0.1, 0.15) is 30.4 Å². The monoisotopic (exact) mass is 236 g/mol. The number of aliphatic carboxylic acids is 1. The first kappa shape index (κ1) is 11.5. The molecule has 1 aromatic carbocycles. The zero-order chi connectivity index (χ0) is 11.8. The molecule has 3 heteroatoms. The number of carboxylic acid groups (broad SMARTS) is 1. The molecule has 1 fully saturated rings. The third-order valence-electron chi connectivity index (χ3n) is 3.35. The van der Waals surface area contributed by atoms with Crippen LogP contribution in [0.25, 0.3) is 0 Å². The van der Waals surface area contributed by atoms with E-state index >= 15 is 0 Å². The van der Waals surface area contributed by atoms with Gasteiger partial charge < -0.3 is 5.11 Å². The minimum Gasteiger partial charge on any atom is -0.481 e. The van der Waals surface area contributed by atoms with E-state index in [-0.39, 0.29) is 11.8 Å². The molecule has 1 aliphatic carbocycles. The van der Waals surface area contributed by atoms with Gasteiger partial charge >= 0.3 is 5.97 Å². The van der Waals surface area contributed by atoms with Crippen LogP contribution in [0.15, 0.2) is 23.1 Å². The number of rotatable bonds is 4. The molecule has 2 nitrogen and oxygen atoms in total. The van der Waals surface area contributed by atoms with Crippen LogP contribution in [-0.4, -0.2) is 17.3 Å². The minimum atomic E-state index is -0.689. The Bertz CT molecular complexity index is 422. The lowest BCUT2D eigenvalue weighted by atomic mass is 9.89. The molecular weight excluding hydrogens is 220 g/mol. The van der Waals surface area contributed by atoms with Gasteiger partial charge in [0.2, 0.25) is 0 Å². The standard InChI is InChI=1S/C13H16O2S/c1-9-7-10(16-2)3-4-11(9)13(5-6-13)8-12(14)15/h3-4,7H,5-6,8H2,1-2H3,(H,14,15). The van der Waals surface area contributed by atoms with Crippen LogP contribution in [-0.2, 0) is 10.2 Å². The van der Waals surface area contributed by atoms with Crippen molar-refractivity contribution >= 4 is 17.7 Å². The van der Waals surface area contributed by atoms with E-state index in [1.165, 1.54) is 16.0 Å². The molecule has 16 heavy (non-hydrogen) atoms. The number of carbonyl (C=O) groups is 1. The van der Waals surface area contributed by atoms with E-state index < -0.39 is 5.97 Å². The maximum Gasteiger partial charge on any atom is 0.304 e. The summed E-state index contributed by atoms with van der Waals surface area (Å²) in [6, 6.07) is 6.36. The molecule has 0 atom stereocenters. The fraction of sp³-hybridized carbons (Fsp3) is 0.462. The molecule has 2 rings (SSSR count). The first-order valence-electron chi connectivity index (χ1n) is 5.44. The summed E-state index contributed by atoms with van der Waals surface area (Å²) in [4.78, 5) is 12.1. The van der Waals surface area contributed by atoms with Crippen LogP contribution >= 0.6 is 11.8 Å². The Kier molecular flexibility index (Phi) is 2.98. The van der Waals surface area contributed by atoms with Gasteiger partial charge in [-0.15, -0.1) is 11.8 Å². The Hall–Kier alpha value is -0.960. The van der Waals surface area contributed by atoms with Gasteiger partial charge in [0.25, 0.3) is 0 Å². The Morgan fingerprint density at radius 3 is 2.62 bits per heavy atom. The molecule has 0 radical (unpaired) electrons. The SMILES string of the molecule is CSc1ccc(C2(CC(=O)O)CC2)c(C)c1. The molecule has 0 saturated heterocycles. The van der Waals surface area contributed by atoms with Crippen molar-refractivity contribution in [1.82, 2.24) is 0 Å². The van der Waals surface area contributed by atoms with Gasteiger partial charge in [0, 0.05) is 10.3 Å². The molecular formula is C13H16O2S. The maximum atomic E-state index is 10.9. The van der Waals surface area contributed by atoms with Crippen LogP contribution in [0.5, 0.6) is 0 Å². The van der Waals surface area contributed by atoms with Gasteiger partial charge in [-0.05, 0) is 49.3 Å². The van der Waals surface area contributed by atoms with Crippen molar-refractivity contribution in [1.29, 1.82) is 0 Å². The predicted octanol–water partition coefficient (Wildman–Crippen LogP) is 3.22. The highest BCUT2D eigenvalue weighted by Gasteiger charge is 2.46. The molecule has 1 aromatic rings. The number of benzene rings is 1. The van der Waals surface area contributed by atoms with E-state index in [2.05, 4.69) is 31.4 Å². The summed E-state index contributed by atoms with van der Waals surface area (Å²) in [7, 11) is 0. The fourth-order valence-corrected chi connectivity index (χ4v) is 2.84. The van der Waals surface area contributed by atoms with Crippen molar-refractivity contribution in [3.63, 3.8) is 0 Å². The molecule has 0 aliphatic heterocycles. The largest absolute Gasteiger partial charge is 0.481 e. The molecule has 0 heterocycles. The molecule has 0 spiro atoms. The van der Waals surface area contributed by atoms with Gasteiger partial charge in [-0.3, -0.25) is 4.79 Å². The van der Waals surface area contributed by atoms with Gasteiger partial charge in [-0.2, -0.15) is 0 Å². The Labute approximate surface area is 100 Å². The van der Waals surface area contributed by atoms with Crippen LogP contribution in [0.3, 0.4) is 0 Å². The molecule has 1 aliphatic rings. The molecule has 0 amide bonds. The predicted molar refractivity (Wildman–Crippen MR) is 66.1 cm³/mol. The summed E-state index contributed by atoms with van der Waals surface area (Å²) in [5, 5.41) is 8.94. The summed E-state index contributed by atoms with van der Waals surface area (Å²) in [5.41, 5.74) is 2.39. The average Bonchev–Trinajstić information content (AvgIpc) is 2.97. The lowest BCUT2D eigenvalue weighted by molar-refractivity contribution is -0.137. The van der Waals surface area contributed by atoms with Crippen LogP contribution in [0.4, 0.5) is 0 Å². The van der Waals surface area contributed by atoms with E-state index in [9.17, 15) is 4.79 Å². The average molecular weight is 236 g/mol. The smallest absolute Gasteiger partial charge is 0.304 e. The summed E-state index contributed by atoms with van der Waals surface area (Å²) in [5.74, 6) is -0.689. The molecule has 1 N–H and O–H groups in total. The molecule has 0 unspecified atom stereocenters. The van der Waals surface area contributed by atoms with Crippen LogP contribution < -0.4 is 0 Å². The van der Waals surface area contributed by atoms with Crippen molar-refractivity contribution in [3.8, 4) is 0 Å². The van der Waals surface area contributed by atoms with Gasteiger partial charge in [0.1, 0.15) is 0 Å². The van der Waals surface area contributed by atoms with Crippen molar-refractivity contribution in [2.45, 2.75) is 36.5 Å². The summed E-state index contributed by atoms with van der Waals surface area (Å²) < 4.78 is 0. The summed E-state index contributed by atoms with van der Waals surface area (Å²) >= 11 is 1.72. The van der Waals surface area contributed by atoms with Gasteiger partial charge in [-0.25, -0.2) is 0 Å². The molecule has 0 bridgehead atoms. The first-order valence-corrected chi connectivity index (χ1v) is 6.67. The number of carboxylic acids is 1. The van der Waals surface area contributed by atoms with E-state index in [0.29, 0.717) is 0 Å². The topological polar surface area (TPSA) is 37.3 Å². The van der Waals surface area contributed by atoms with Crippen molar-refractivity contribution in [2.24, 2.45) is 0 Å². The number of hydrogen-bond acceptors (Lipinski definition) is 2. The zero-order valence-corrected chi connectivity index (χ0v) is 10.4. The number of hydrogen-bond donors (Lipinski definition) is 1. The first-order chi connectivity index (χ1) is 7.57. The summed E-state index contributed by atoms with van der Waals surface area (Å²) in [6.07, 6.45) is 4.35. The second-order valence-electron chi connectivity index (χ2n) is 4.53. The van der Waals surface area contributed by atoms with E-state index in [1.807, 2.05) is 0 Å². The zero-order valence-electron chi connectivity index (χ0n) is 9.62. The van der Waals surface area contributed by atoms with Gasteiger partial charge in [0.15, 0.2) is 0 Å². The van der Waals surface area contributed by atoms with Gasteiger partial charge in [-0.1, -0.05) is 6.07 Å². The molecule has 86 valence electrons. The highest BCUT2D eigenvalue weighted by atomic mass is 32.2. The number of thioether (sulfide) groups is 1. The lowest BCUT2D eigenvalue weighted by Crippen LogP contribution is -2.14. The Morgan fingerprint density at radius 1 is 1.50 bits per heavy atom. The van der Waals surface area contributed by atoms with E-state index in [0.717, 1.165) is 12.8 Å². The van der Waals surface area contributed by atoms with E-state index in [1.54, 1.807) is 11.8 Å². The van der Waals surface area contributed by atoms with Crippen molar-refractivity contribution < 1.29 is 9.90 Å². The molecule has 0 aromatic heterocycles. The Balaban J connectivity index is 2.30. The van der Waals surface area contributed by atoms with Crippen molar-refractivity contribution in [3.05, 3.63) is 29.3 Å². The molecule has 1 saturated carbocycles. The summed E-state index contributed by atoms with van der Waals surface area (Å²) in [6.45, 7) is 2.08. The van der Waals surface area contributed by atoms with Crippen LogP contribution in [0.2, 0.25) is 0 Å². The third-order valence-corrected chi connectivity index (χ3v) is 4.07. The number of aryl methyl sites for hydroxylation is 1. The van der Waals surface area contributed by atoms with Gasteiger partial charge in [0.05, 0.1) is 6.42 Å². The second-order valence-corrected chi connectivity index (χ2v) is 5.41. The van der Waals surface area contributed by atoms with Crippen molar-refractivity contribution in [2.75, 3.05) is 6.26 Å². The highest BCUT2D eigenvalue weighted by molar-refractivity contribution is 7.98. The second kappa shape index (κ2) is 4.13.